The Balaban J connectivity index is 1.94. The summed E-state index contributed by atoms with van der Waals surface area (Å²) >= 11 is 0. The highest BCUT2D eigenvalue weighted by molar-refractivity contribution is 5.12. The van der Waals surface area contributed by atoms with Crippen molar-refractivity contribution in [2.45, 2.75) is 63.4 Å². The van der Waals surface area contributed by atoms with Gasteiger partial charge in [0.05, 0.1) is 6.61 Å². The van der Waals surface area contributed by atoms with Crippen LogP contribution in [0.5, 0.6) is 0 Å². The summed E-state index contributed by atoms with van der Waals surface area (Å²) in [5, 5.41) is 9.36. The molecule has 3 rings (SSSR count). The number of hydrogen-bond acceptors (Lipinski definition) is 6. The maximum atomic E-state index is 9.36. The normalized spacial score (nSPS) is 48.3. The molecule has 0 aromatic heterocycles. The first-order valence-electron chi connectivity index (χ1n) is 6.06. The number of fused-ring (bicyclic) bond motifs is 3. The van der Waals surface area contributed by atoms with Crippen molar-refractivity contribution in [2.75, 3.05) is 6.61 Å². The van der Waals surface area contributed by atoms with Crippen LogP contribution < -0.4 is 0 Å². The van der Waals surface area contributed by atoms with Gasteiger partial charge in [-0.3, -0.25) is 0 Å². The second-order valence-electron chi connectivity index (χ2n) is 5.77. The first kappa shape index (κ1) is 12.3. The van der Waals surface area contributed by atoms with E-state index in [0.717, 1.165) is 0 Å². The Morgan fingerprint density at radius 1 is 1.06 bits per heavy atom. The van der Waals surface area contributed by atoms with Gasteiger partial charge in [-0.25, -0.2) is 0 Å². The van der Waals surface area contributed by atoms with Crippen LogP contribution in [0.25, 0.3) is 0 Å². The number of nitrogens with zero attached hydrogens (tertiary/aromatic N) is 1. The Morgan fingerprint density at radius 3 is 2.44 bits per heavy atom. The SMILES string of the molecule is CC1(C)O[C@@H]2[C@@H](CO[C@@]3(C#N)OC(C)(C)O[C@@H]23)O1. The summed E-state index contributed by atoms with van der Waals surface area (Å²) in [4.78, 5) is 0. The van der Waals surface area contributed by atoms with Gasteiger partial charge >= 0.3 is 0 Å². The standard InChI is InChI=1S/C12H17NO5/c1-10(2)15-7-5-14-12(6-13)9(8(7)16-10)17-11(3,4)18-12/h7-9H,5H2,1-4H3/t7-,8-,9+,12+/m1/s1. The first-order chi connectivity index (χ1) is 8.27. The fraction of sp³-hybridized carbons (Fsp3) is 0.917. The minimum Gasteiger partial charge on any atom is -0.342 e. The summed E-state index contributed by atoms with van der Waals surface area (Å²) in [6.45, 7) is 7.44. The van der Waals surface area contributed by atoms with Crippen molar-refractivity contribution < 1.29 is 23.7 Å². The quantitative estimate of drug-likeness (QED) is 0.640. The van der Waals surface area contributed by atoms with Crippen molar-refractivity contribution in [3.8, 4) is 6.07 Å². The van der Waals surface area contributed by atoms with E-state index in [1.54, 1.807) is 13.8 Å². The first-order valence-corrected chi connectivity index (χ1v) is 6.06. The molecule has 4 atom stereocenters. The van der Waals surface area contributed by atoms with Gasteiger partial charge in [-0.05, 0) is 27.7 Å². The van der Waals surface area contributed by atoms with Gasteiger partial charge in [0.25, 0.3) is 5.79 Å². The second-order valence-corrected chi connectivity index (χ2v) is 5.77. The summed E-state index contributed by atoms with van der Waals surface area (Å²) < 4.78 is 28.5. The van der Waals surface area contributed by atoms with E-state index in [0.29, 0.717) is 0 Å². The van der Waals surface area contributed by atoms with Gasteiger partial charge in [0.2, 0.25) is 0 Å². The molecule has 0 saturated carbocycles. The van der Waals surface area contributed by atoms with E-state index in [-0.39, 0.29) is 18.8 Å². The van der Waals surface area contributed by atoms with Crippen molar-refractivity contribution in [2.24, 2.45) is 0 Å². The lowest BCUT2D eigenvalue weighted by molar-refractivity contribution is -0.248. The average Bonchev–Trinajstić information content (AvgIpc) is 2.70. The zero-order valence-corrected chi connectivity index (χ0v) is 10.9. The Morgan fingerprint density at radius 2 is 1.78 bits per heavy atom. The molecule has 0 N–H and O–H groups in total. The van der Waals surface area contributed by atoms with E-state index >= 15 is 0 Å². The van der Waals surface area contributed by atoms with E-state index in [1.807, 2.05) is 13.8 Å². The maximum Gasteiger partial charge on any atom is 0.291 e. The summed E-state index contributed by atoms with van der Waals surface area (Å²) in [5.41, 5.74) is 0. The van der Waals surface area contributed by atoms with Crippen LogP contribution in [0.2, 0.25) is 0 Å². The van der Waals surface area contributed by atoms with Crippen molar-refractivity contribution in [3.63, 3.8) is 0 Å². The predicted molar refractivity (Wildman–Crippen MR) is 58.2 cm³/mol. The smallest absolute Gasteiger partial charge is 0.291 e. The molecule has 0 radical (unpaired) electrons. The van der Waals surface area contributed by atoms with Crippen molar-refractivity contribution in [1.29, 1.82) is 5.26 Å². The van der Waals surface area contributed by atoms with E-state index in [1.165, 1.54) is 0 Å². The zero-order chi connectivity index (χ0) is 13.2. The highest BCUT2D eigenvalue weighted by atomic mass is 16.9. The molecule has 3 fully saturated rings. The molecule has 3 aliphatic heterocycles. The number of hydrogen-bond donors (Lipinski definition) is 0. The monoisotopic (exact) mass is 255 g/mol. The van der Waals surface area contributed by atoms with Crippen LogP contribution in [-0.4, -0.2) is 42.3 Å². The summed E-state index contributed by atoms with van der Waals surface area (Å²) in [6.07, 6.45) is -1.18. The summed E-state index contributed by atoms with van der Waals surface area (Å²) in [5.74, 6) is -2.96. The Bertz CT molecular complexity index is 415. The van der Waals surface area contributed by atoms with Crippen LogP contribution in [0, 0.1) is 11.3 Å². The van der Waals surface area contributed by atoms with Crippen LogP contribution in [0.1, 0.15) is 27.7 Å². The second kappa shape index (κ2) is 3.44. The van der Waals surface area contributed by atoms with E-state index in [2.05, 4.69) is 6.07 Å². The summed E-state index contributed by atoms with van der Waals surface area (Å²) in [6, 6.07) is 2.07. The molecule has 0 unspecified atom stereocenters. The van der Waals surface area contributed by atoms with Crippen LogP contribution in [0.3, 0.4) is 0 Å². The Kier molecular flexibility index (Phi) is 2.35. The molecule has 0 aromatic carbocycles. The van der Waals surface area contributed by atoms with Crippen molar-refractivity contribution in [3.05, 3.63) is 0 Å². The third kappa shape index (κ3) is 1.67. The lowest BCUT2D eigenvalue weighted by atomic mass is 9.98. The molecule has 0 amide bonds. The fourth-order valence-corrected chi connectivity index (χ4v) is 2.80. The molecule has 3 aliphatic rings. The van der Waals surface area contributed by atoms with Crippen molar-refractivity contribution >= 4 is 0 Å². The zero-order valence-electron chi connectivity index (χ0n) is 10.9. The van der Waals surface area contributed by atoms with Gasteiger partial charge in [0, 0.05) is 0 Å². The van der Waals surface area contributed by atoms with Gasteiger partial charge in [-0.2, -0.15) is 5.26 Å². The molecule has 6 nitrogen and oxygen atoms in total. The highest BCUT2D eigenvalue weighted by Crippen LogP contribution is 2.46. The van der Waals surface area contributed by atoms with Crippen LogP contribution in [-0.2, 0) is 23.7 Å². The molecule has 6 heteroatoms. The van der Waals surface area contributed by atoms with E-state index in [4.69, 9.17) is 23.7 Å². The minimum atomic E-state index is -1.39. The van der Waals surface area contributed by atoms with Gasteiger partial charge in [0.15, 0.2) is 17.7 Å². The van der Waals surface area contributed by atoms with Gasteiger partial charge in [-0.15, -0.1) is 0 Å². The van der Waals surface area contributed by atoms with E-state index in [9.17, 15) is 5.26 Å². The number of rotatable bonds is 0. The van der Waals surface area contributed by atoms with Crippen LogP contribution in [0.15, 0.2) is 0 Å². The fourth-order valence-electron chi connectivity index (χ4n) is 2.80. The largest absolute Gasteiger partial charge is 0.342 e. The molecule has 0 bridgehead atoms. The number of ether oxygens (including phenoxy) is 5. The van der Waals surface area contributed by atoms with Crippen LogP contribution in [0.4, 0.5) is 0 Å². The molecular weight excluding hydrogens is 238 g/mol. The lowest BCUT2D eigenvalue weighted by Crippen LogP contribution is -2.57. The number of nitriles is 1. The molecule has 0 aromatic rings. The lowest BCUT2D eigenvalue weighted by Gasteiger charge is -2.35. The molecule has 3 heterocycles. The molecule has 3 saturated heterocycles. The van der Waals surface area contributed by atoms with Crippen molar-refractivity contribution in [1.82, 2.24) is 0 Å². The molecular formula is C12H17NO5. The highest BCUT2D eigenvalue weighted by Gasteiger charge is 2.66. The average molecular weight is 255 g/mol. The minimum absolute atomic E-state index is 0.232. The molecule has 0 spiro atoms. The Hall–Kier alpha value is -0.710. The van der Waals surface area contributed by atoms with Crippen LogP contribution >= 0.6 is 0 Å². The molecule has 0 aliphatic carbocycles. The maximum absolute atomic E-state index is 9.36. The third-order valence-corrected chi connectivity index (χ3v) is 3.32. The topological polar surface area (TPSA) is 69.9 Å². The molecule has 18 heavy (non-hydrogen) atoms. The third-order valence-electron chi connectivity index (χ3n) is 3.32. The predicted octanol–water partition coefficient (Wildman–Crippen LogP) is 0.908. The van der Waals surface area contributed by atoms with Gasteiger partial charge in [-0.1, -0.05) is 0 Å². The Labute approximate surface area is 106 Å². The summed E-state index contributed by atoms with van der Waals surface area (Å²) in [7, 11) is 0. The van der Waals surface area contributed by atoms with E-state index < -0.39 is 23.5 Å². The van der Waals surface area contributed by atoms with Gasteiger partial charge in [0.1, 0.15) is 18.3 Å². The molecule has 100 valence electrons. The van der Waals surface area contributed by atoms with Gasteiger partial charge < -0.3 is 23.7 Å².